The molecule has 2 N–H and O–H groups in total. The van der Waals surface area contributed by atoms with Crippen molar-refractivity contribution in [2.75, 3.05) is 5.32 Å². The number of anilines is 1. The summed E-state index contributed by atoms with van der Waals surface area (Å²) in [6.45, 7) is 3.83. The van der Waals surface area contributed by atoms with Gasteiger partial charge in [-0.3, -0.25) is 23.8 Å². The number of fused-ring (bicyclic) bond motifs is 4. The molecule has 1 aliphatic rings. The minimum atomic E-state index is -5.08. The summed E-state index contributed by atoms with van der Waals surface area (Å²) in [5.74, 6) is -3.02. The average Bonchev–Trinajstić information content (AvgIpc) is 3.63. The molecule has 0 saturated carbocycles. The summed E-state index contributed by atoms with van der Waals surface area (Å²) in [7, 11) is 1.83. The second-order valence-corrected chi connectivity index (χ2v) is 11.7. The van der Waals surface area contributed by atoms with Crippen LogP contribution in [0.5, 0.6) is 0 Å². The largest absolute Gasteiger partial charge is 0.490 e. The Morgan fingerprint density at radius 3 is 2.48 bits per heavy atom. The van der Waals surface area contributed by atoms with Gasteiger partial charge in [0.15, 0.2) is 0 Å². The number of aliphatic carboxylic acids is 1. The van der Waals surface area contributed by atoms with Crippen LogP contribution in [0, 0.1) is 12.8 Å². The van der Waals surface area contributed by atoms with E-state index in [1.54, 1.807) is 46.4 Å². The summed E-state index contributed by atoms with van der Waals surface area (Å²) in [5, 5.41) is 15.1. The summed E-state index contributed by atoms with van der Waals surface area (Å²) in [5.41, 5.74) is 5.72. The molecule has 1 amide bonds. The van der Waals surface area contributed by atoms with E-state index in [1.165, 1.54) is 6.07 Å². The molecular formula is C32H30ClF3N8O4. The van der Waals surface area contributed by atoms with Crippen molar-refractivity contribution in [3.05, 3.63) is 94.4 Å². The number of carbonyl (C=O) groups excluding carboxylic acids is 1. The minimum absolute atomic E-state index is 0.0562. The smallest absolute Gasteiger partial charge is 0.475 e. The SMILES string of the molecule is Cc1cn(-c2ccc(Cl)cc2-c2cc(=O)n([C@H]3CCC[C@@H](C)C(=O)Nc4cnn(C)c4-c4ccnc3c4)cn2)cn1.O=C(O)C(F)(F)F. The number of halogens is 4. The molecule has 2 bridgehead atoms. The van der Waals surface area contributed by atoms with Gasteiger partial charge in [0, 0.05) is 47.6 Å². The average molecular weight is 683 g/mol. The molecule has 0 spiro atoms. The quantitative estimate of drug-likeness (QED) is 0.241. The second-order valence-electron chi connectivity index (χ2n) is 11.2. The van der Waals surface area contributed by atoms with Gasteiger partial charge in [-0.25, -0.2) is 14.8 Å². The standard InChI is InChI=1S/C30H29ClN8O2.C2HF3O2/c1-18-5-4-6-27(24-11-20(9-10-32-24)29-25(36-30(18)41)14-35-37(29)3)39-17-34-23(13-28(39)40)22-12-21(31)7-8-26(22)38-15-19(2)33-16-38;3-2(4,5)1(6)7/h7-18,27H,4-6H2,1-3H3,(H,36,41);(H,6,7)/t18-,27+;/m1./s1. The van der Waals surface area contributed by atoms with E-state index in [2.05, 4.69) is 20.4 Å². The van der Waals surface area contributed by atoms with Crippen LogP contribution < -0.4 is 10.9 Å². The third-order valence-corrected chi connectivity index (χ3v) is 8.03. The van der Waals surface area contributed by atoms with Crippen LogP contribution in [0.3, 0.4) is 0 Å². The number of nitrogens with one attached hydrogen (secondary N) is 1. The van der Waals surface area contributed by atoms with Gasteiger partial charge in [0.05, 0.1) is 59.0 Å². The predicted molar refractivity (Wildman–Crippen MR) is 171 cm³/mol. The van der Waals surface area contributed by atoms with Crippen molar-refractivity contribution in [2.24, 2.45) is 13.0 Å². The fourth-order valence-electron chi connectivity index (χ4n) is 5.37. The molecular weight excluding hydrogens is 653 g/mol. The van der Waals surface area contributed by atoms with E-state index in [1.807, 2.05) is 49.9 Å². The van der Waals surface area contributed by atoms with E-state index in [0.717, 1.165) is 40.3 Å². The van der Waals surface area contributed by atoms with Gasteiger partial charge in [-0.05, 0) is 50.1 Å². The molecule has 1 aromatic carbocycles. The number of carbonyl (C=O) groups is 2. The van der Waals surface area contributed by atoms with Crippen molar-refractivity contribution >= 4 is 29.2 Å². The van der Waals surface area contributed by atoms with Crippen molar-refractivity contribution in [3.63, 3.8) is 0 Å². The second kappa shape index (κ2) is 13.8. The van der Waals surface area contributed by atoms with E-state index in [9.17, 15) is 22.8 Å². The minimum Gasteiger partial charge on any atom is -0.475 e. The van der Waals surface area contributed by atoms with Crippen LogP contribution in [0.15, 0.2) is 72.4 Å². The van der Waals surface area contributed by atoms with Crippen molar-refractivity contribution in [1.29, 1.82) is 0 Å². The van der Waals surface area contributed by atoms with Gasteiger partial charge in [-0.1, -0.05) is 24.9 Å². The van der Waals surface area contributed by atoms with Crippen LogP contribution in [0.1, 0.15) is 43.6 Å². The highest BCUT2D eigenvalue weighted by Crippen LogP contribution is 2.33. The third-order valence-electron chi connectivity index (χ3n) is 7.79. The highest BCUT2D eigenvalue weighted by molar-refractivity contribution is 6.31. The number of alkyl halides is 3. The van der Waals surface area contributed by atoms with Crippen LogP contribution in [-0.2, 0) is 16.6 Å². The maximum absolute atomic E-state index is 13.7. The van der Waals surface area contributed by atoms with Gasteiger partial charge in [-0.2, -0.15) is 18.3 Å². The van der Waals surface area contributed by atoms with Crippen molar-refractivity contribution in [3.8, 4) is 28.2 Å². The summed E-state index contributed by atoms with van der Waals surface area (Å²) < 4.78 is 37.0. The van der Waals surface area contributed by atoms with E-state index < -0.39 is 12.1 Å². The number of nitrogens with zero attached hydrogens (tertiary/aromatic N) is 7. The fraction of sp³-hybridized carbons (Fsp3) is 0.281. The predicted octanol–water partition coefficient (Wildman–Crippen LogP) is 5.83. The van der Waals surface area contributed by atoms with Gasteiger partial charge in [0.1, 0.15) is 0 Å². The lowest BCUT2D eigenvalue weighted by molar-refractivity contribution is -0.192. The van der Waals surface area contributed by atoms with Crippen molar-refractivity contribution in [1.82, 2.24) is 33.9 Å². The Morgan fingerprint density at radius 1 is 1.06 bits per heavy atom. The number of rotatable bonds is 3. The zero-order valence-electron chi connectivity index (χ0n) is 25.9. The first-order valence-electron chi connectivity index (χ1n) is 14.7. The van der Waals surface area contributed by atoms with Crippen molar-refractivity contribution in [2.45, 2.75) is 45.3 Å². The Hall–Kier alpha value is -5.31. The Kier molecular flexibility index (Phi) is 9.79. The van der Waals surface area contributed by atoms with Gasteiger partial charge >= 0.3 is 12.1 Å². The third kappa shape index (κ3) is 7.46. The summed E-state index contributed by atoms with van der Waals surface area (Å²) in [6, 6.07) is 10.5. The topological polar surface area (TPSA) is 150 Å². The number of benzene rings is 1. The summed E-state index contributed by atoms with van der Waals surface area (Å²) in [6.07, 6.45) is 5.51. The first kappa shape index (κ1) is 34.0. The Morgan fingerprint density at radius 2 is 1.81 bits per heavy atom. The zero-order chi connectivity index (χ0) is 34.7. The molecule has 5 aromatic rings. The van der Waals surface area contributed by atoms with Crippen LogP contribution >= 0.6 is 11.6 Å². The van der Waals surface area contributed by atoms with E-state index in [0.29, 0.717) is 29.2 Å². The number of pyridine rings is 1. The molecule has 2 atom stereocenters. The van der Waals surface area contributed by atoms with Gasteiger partial charge < -0.3 is 15.0 Å². The number of aromatic nitrogens is 7. The number of carboxylic acid groups (broad SMARTS) is 1. The summed E-state index contributed by atoms with van der Waals surface area (Å²) in [4.78, 5) is 49.3. The highest BCUT2D eigenvalue weighted by Gasteiger charge is 2.38. The molecule has 250 valence electrons. The number of hydrogen-bond acceptors (Lipinski definition) is 7. The van der Waals surface area contributed by atoms with Crippen LogP contribution in [0.25, 0.3) is 28.2 Å². The molecule has 0 saturated heterocycles. The van der Waals surface area contributed by atoms with Gasteiger partial charge in [-0.15, -0.1) is 0 Å². The molecule has 4 aromatic heterocycles. The van der Waals surface area contributed by atoms with E-state index in [-0.39, 0.29) is 23.4 Å². The molecule has 0 fully saturated rings. The van der Waals surface area contributed by atoms with E-state index >= 15 is 0 Å². The van der Waals surface area contributed by atoms with Crippen LogP contribution in [0.2, 0.25) is 5.02 Å². The number of amides is 1. The number of carboxylic acids is 1. The number of imidazole rings is 1. The first-order chi connectivity index (χ1) is 22.7. The Balaban J connectivity index is 0.000000582. The molecule has 0 unspecified atom stereocenters. The molecule has 0 aliphatic carbocycles. The van der Waals surface area contributed by atoms with E-state index in [4.69, 9.17) is 26.5 Å². The number of aryl methyl sites for hydroxylation is 2. The normalized spacial score (nSPS) is 16.4. The molecule has 0 radical (unpaired) electrons. The fourth-order valence-corrected chi connectivity index (χ4v) is 5.54. The molecule has 5 heterocycles. The molecule has 12 nitrogen and oxygen atoms in total. The molecule has 16 heteroatoms. The Labute approximate surface area is 276 Å². The highest BCUT2D eigenvalue weighted by atomic mass is 35.5. The maximum Gasteiger partial charge on any atom is 0.490 e. The van der Waals surface area contributed by atoms with Crippen LogP contribution in [-0.4, -0.2) is 57.0 Å². The van der Waals surface area contributed by atoms with Crippen LogP contribution in [0.4, 0.5) is 18.9 Å². The monoisotopic (exact) mass is 682 g/mol. The lowest BCUT2D eigenvalue weighted by atomic mass is 9.97. The molecule has 1 aliphatic heterocycles. The Bertz CT molecular complexity index is 2040. The van der Waals surface area contributed by atoms with Crippen molar-refractivity contribution < 1.29 is 27.9 Å². The first-order valence-corrected chi connectivity index (χ1v) is 15.1. The maximum atomic E-state index is 13.7. The number of hydrogen-bond donors (Lipinski definition) is 2. The lowest BCUT2D eigenvalue weighted by Gasteiger charge is -2.22. The summed E-state index contributed by atoms with van der Waals surface area (Å²) >= 11 is 6.36. The molecule has 6 rings (SSSR count). The van der Waals surface area contributed by atoms with Gasteiger partial charge in [0.2, 0.25) is 5.91 Å². The van der Waals surface area contributed by atoms with Gasteiger partial charge in [0.25, 0.3) is 5.56 Å². The lowest BCUT2D eigenvalue weighted by Crippen LogP contribution is -2.27. The molecule has 48 heavy (non-hydrogen) atoms. The zero-order valence-corrected chi connectivity index (χ0v) is 26.7.